The topological polar surface area (TPSA) is 39.4 Å². The molecule has 0 aliphatic rings. The van der Waals surface area contributed by atoms with E-state index in [-0.39, 0.29) is 12.2 Å². The van der Waals surface area contributed by atoms with Gasteiger partial charge in [-0.2, -0.15) is 0 Å². The first kappa shape index (κ1) is 12.8. The zero-order valence-electron chi connectivity index (χ0n) is 10.6. The average Bonchev–Trinajstić information content (AvgIpc) is 2.45. The van der Waals surface area contributed by atoms with Gasteiger partial charge in [0.2, 0.25) is 0 Å². The van der Waals surface area contributed by atoms with E-state index in [4.69, 9.17) is 20.8 Å². The lowest BCUT2D eigenvalue weighted by Gasteiger charge is -2.07. The average molecular weight is 287 g/mol. The number of benzene rings is 2. The first-order valence-corrected chi connectivity index (χ1v) is 6.44. The summed E-state index contributed by atoms with van der Waals surface area (Å²) in [6.45, 7) is 3.77. The molecule has 0 bridgehead atoms. The maximum Gasteiger partial charge on any atom is 0.344 e. The highest BCUT2D eigenvalue weighted by atomic mass is 35.5. The van der Waals surface area contributed by atoms with E-state index in [2.05, 4.69) is 6.58 Å². The molecule has 0 spiro atoms. The molecular weight excluding hydrogens is 276 g/mol. The summed E-state index contributed by atoms with van der Waals surface area (Å²) in [5.41, 5.74) is 0.137. The number of halogens is 1. The minimum atomic E-state index is -0.355. The molecule has 0 atom stereocenters. The molecule has 3 rings (SSSR count). The van der Waals surface area contributed by atoms with Crippen LogP contribution in [0.15, 0.2) is 63.3 Å². The van der Waals surface area contributed by atoms with Gasteiger partial charge in [-0.3, -0.25) is 0 Å². The second-order valence-corrected chi connectivity index (χ2v) is 4.93. The van der Waals surface area contributed by atoms with Gasteiger partial charge in [-0.05, 0) is 23.6 Å². The van der Waals surface area contributed by atoms with Gasteiger partial charge in [-0.25, -0.2) is 4.79 Å². The van der Waals surface area contributed by atoms with Crippen LogP contribution in [0.25, 0.3) is 21.7 Å². The van der Waals surface area contributed by atoms with Crippen molar-refractivity contribution in [1.29, 1.82) is 0 Å². The normalized spacial score (nSPS) is 10.8. The summed E-state index contributed by atoms with van der Waals surface area (Å²) in [6, 6.07) is 12.7. The van der Waals surface area contributed by atoms with Crippen molar-refractivity contribution in [3.05, 3.63) is 64.5 Å². The van der Waals surface area contributed by atoms with Gasteiger partial charge in [-0.15, -0.1) is 0 Å². The predicted molar refractivity (Wildman–Crippen MR) is 80.5 cm³/mol. The van der Waals surface area contributed by atoms with E-state index >= 15 is 0 Å². The molecule has 100 valence electrons. The van der Waals surface area contributed by atoms with Crippen LogP contribution >= 0.6 is 11.6 Å². The summed E-state index contributed by atoms with van der Waals surface area (Å²) in [5, 5.41) is 2.72. The summed E-state index contributed by atoms with van der Waals surface area (Å²) < 4.78 is 10.8. The molecule has 0 N–H and O–H groups in total. The molecule has 0 aliphatic carbocycles. The molecule has 1 heterocycles. The van der Waals surface area contributed by atoms with Crippen LogP contribution in [0.2, 0.25) is 0 Å². The standard InChI is InChI=1S/C16H11ClO3/c1-10(17)9-19-11-6-7-13-12-4-2-3-5-14(12)16(18)20-15(13)8-11/h2-8H,1,9H2. The van der Waals surface area contributed by atoms with Crippen molar-refractivity contribution < 1.29 is 9.15 Å². The molecule has 3 nitrogen and oxygen atoms in total. The van der Waals surface area contributed by atoms with Crippen molar-refractivity contribution >= 4 is 33.3 Å². The largest absolute Gasteiger partial charge is 0.488 e. The Morgan fingerprint density at radius 2 is 1.90 bits per heavy atom. The van der Waals surface area contributed by atoms with Crippen LogP contribution in [-0.2, 0) is 0 Å². The van der Waals surface area contributed by atoms with Crippen molar-refractivity contribution in [1.82, 2.24) is 0 Å². The van der Waals surface area contributed by atoms with E-state index in [1.165, 1.54) is 0 Å². The molecule has 3 aromatic rings. The Balaban J connectivity index is 2.18. The van der Waals surface area contributed by atoms with Gasteiger partial charge >= 0.3 is 5.63 Å². The van der Waals surface area contributed by atoms with Gasteiger partial charge in [0, 0.05) is 16.5 Å². The van der Waals surface area contributed by atoms with Gasteiger partial charge in [0.15, 0.2) is 0 Å². The van der Waals surface area contributed by atoms with E-state index in [9.17, 15) is 4.79 Å². The molecule has 0 radical (unpaired) electrons. The molecule has 0 amide bonds. The molecular formula is C16H11ClO3. The molecule has 0 saturated heterocycles. The van der Waals surface area contributed by atoms with Crippen LogP contribution in [0.5, 0.6) is 5.75 Å². The summed E-state index contributed by atoms with van der Waals surface area (Å²) in [4.78, 5) is 11.9. The SMILES string of the molecule is C=C(Cl)COc1ccc2c(c1)oc(=O)c1ccccc12. The minimum Gasteiger partial charge on any atom is -0.488 e. The summed E-state index contributed by atoms with van der Waals surface area (Å²) >= 11 is 5.66. The Hall–Kier alpha value is -2.26. The quantitative estimate of drug-likeness (QED) is 0.538. The fraction of sp³-hybridized carbons (Fsp3) is 0.0625. The zero-order chi connectivity index (χ0) is 14.1. The first-order valence-electron chi connectivity index (χ1n) is 6.07. The molecule has 4 heteroatoms. The number of ether oxygens (including phenoxy) is 1. The maximum atomic E-state index is 11.9. The molecule has 20 heavy (non-hydrogen) atoms. The van der Waals surface area contributed by atoms with Crippen molar-refractivity contribution in [3.63, 3.8) is 0 Å². The second kappa shape index (κ2) is 5.02. The van der Waals surface area contributed by atoms with E-state index in [0.717, 1.165) is 10.8 Å². The smallest absolute Gasteiger partial charge is 0.344 e. The van der Waals surface area contributed by atoms with Crippen molar-refractivity contribution in [3.8, 4) is 5.75 Å². The highest BCUT2D eigenvalue weighted by molar-refractivity contribution is 6.29. The van der Waals surface area contributed by atoms with Gasteiger partial charge in [-0.1, -0.05) is 36.4 Å². The third-order valence-electron chi connectivity index (χ3n) is 2.99. The molecule has 0 fully saturated rings. The number of rotatable bonds is 3. The number of hydrogen-bond donors (Lipinski definition) is 0. The second-order valence-electron chi connectivity index (χ2n) is 4.40. The fourth-order valence-corrected chi connectivity index (χ4v) is 2.17. The molecule has 0 aliphatic heterocycles. The van der Waals surface area contributed by atoms with E-state index in [0.29, 0.717) is 21.8 Å². The maximum absolute atomic E-state index is 11.9. The van der Waals surface area contributed by atoms with Crippen LogP contribution in [-0.4, -0.2) is 6.61 Å². The van der Waals surface area contributed by atoms with Crippen LogP contribution < -0.4 is 10.4 Å². The lowest BCUT2D eigenvalue weighted by atomic mass is 10.1. The van der Waals surface area contributed by atoms with Gasteiger partial charge < -0.3 is 9.15 Å². The van der Waals surface area contributed by atoms with Crippen LogP contribution in [0, 0.1) is 0 Å². The van der Waals surface area contributed by atoms with Crippen LogP contribution in [0.3, 0.4) is 0 Å². The Morgan fingerprint density at radius 1 is 1.15 bits per heavy atom. The Kier molecular flexibility index (Phi) is 3.20. The van der Waals surface area contributed by atoms with Crippen molar-refractivity contribution in [2.24, 2.45) is 0 Å². The molecule has 0 unspecified atom stereocenters. The van der Waals surface area contributed by atoms with Crippen molar-refractivity contribution in [2.45, 2.75) is 0 Å². The van der Waals surface area contributed by atoms with Crippen molar-refractivity contribution in [2.75, 3.05) is 6.61 Å². The van der Waals surface area contributed by atoms with E-state index < -0.39 is 0 Å². The minimum absolute atomic E-state index is 0.213. The van der Waals surface area contributed by atoms with Gasteiger partial charge in [0.25, 0.3) is 0 Å². The fourth-order valence-electron chi connectivity index (χ4n) is 2.11. The molecule has 0 saturated carbocycles. The highest BCUT2D eigenvalue weighted by Gasteiger charge is 2.07. The zero-order valence-corrected chi connectivity index (χ0v) is 11.3. The molecule has 1 aromatic heterocycles. The van der Waals surface area contributed by atoms with E-state index in [1.54, 1.807) is 12.1 Å². The first-order chi connectivity index (χ1) is 9.65. The third kappa shape index (κ3) is 2.28. The third-order valence-corrected chi connectivity index (χ3v) is 3.10. The van der Waals surface area contributed by atoms with Crippen LogP contribution in [0.4, 0.5) is 0 Å². The van der Waals surface area contributed by atoms with Gasteiger partial charge in [0.1, 0.15) is 17.9 Å². The lowest BCUT2D eigenvalue weighted by molar-refractivity contribution is 0.359. The molecule has 2 aromatic carbocycles. The monoisotopic (exact) mass is 286 g/mol. The Morgan fingerprint density at radius 3 is 2.65 bits per heavy atom. The van der Waals surface area contributed by atoms with Gasteiger partial charge in [0.05, 0.1) is 5.39 Å². The summed E-state index contributed by atoms with van der Waals surface area (Å²) in [6.07, 6.45) is 0. The van der Waals surface area contributed by atoms with Crippen LogP contribution in [0.1, 0.15) is 0 Å². The predicted octanol–water partition coefficient (Wildman–Crippen LogP) is 4.08. The summed E-state index contributed by atoms with van der Waals surface area (Å²) in [7, 11) is 0. The highest BCUT2D eigenvalue weighted by Crippen LogP contribution is 2.26. The summed E-state index contributed by atoms with van der Waals surface area (Å²) in [5.74, 6) is 0.581. The Labute approximate surface area is 120 Å². The Bertz CT molecular complexity index is 864. The lowest BCUT2D eigenvalue weighted by Crippen LogP contribution is -2.00. The number of fused-ring (bicyclic) bond motifs is 3. The van der Waals surface area contributed by atoms with E-state index in [1.807, 2.05) is 30.3 Å². The number of hydrogen-bond acceptors (Lipinski definition) is 3.